The zero-order chi connectivity index (χ0) is 16.5. The van der Waals surface area contributed by atoms with Gasteiger partial charge >= 0.3 is 0 Å². The molecule has 0 aromatic heterocycles. The molecule has 0 spiro atoms. The van der Waals surface area contributed by atoms with Crippen LogP contribution in [-0.2, 0) is 6.42 Å². The summed E-state index contributed by atoms with van der Waals surface area (Å²) in [5, 5.41) is 38.7. The Labute approximate surface area is 132 Å². The molecule has 0 amide bonds. The quantitative estimate of drug-likeness (QED) is 0.498. The van der Waals surface area contributed by atoms with E-state index < -0.39 is 24.2 Å². The second-order valence-electron chi connectivity index (χ2n) is 6.06. The number of likely N-dealkylation sites (N-methyl/N-ethyl adjacent to an activating group) is 1. The van der Waals surface area contributed by atoms with E-state index in [1.165, 1.54) is 5.56 Å². The molecule has 0 saturated heterocycles. The van der Waals surface area contributed by atoms with Crippen LogP contribution in [0.3, 0.4) is 0 Å². The van der Waals surface area contributed by atoms with E-state index >= 15 is 0 Å². The molecule has 1 aromatic carbocycles. The van der Waals surface area contributed by atoms with Gasteiger partial charge in [-0.05, 0) is 32.0 Å². The maximum atomic E-state index is 9.99. The van der Waals surface area contributed by atoms with Crippen LogP contribution in [0.2, 0.25) is 0 Å². The molecule has 0 aliphatic carbocycles. The molecule has 1 aromatic rings. The second kappa shape index (κ2) is 9.92. The van der Waals surface area contributed by atoms with Crippen molar-refractivity contribution in [3.05, 3.63) is 35.9 Å². The van der Waals surface area contributed by atoms with E-state index in [0.29, 0.717) is 0 Å². The summed E-state index contributed by atoms with van der Waals surface area (Å²) in [5.74, 6) is -0.465. The number of aliphatic hydroxyl groups excluding tert-OH is 4. The molecule has 0 aliphatic heterocycles. The van der Waals surface area contributed by atoms with Crippen LogP contribution in [-0.4, -0.2) is 70.4 Å². The minimum absolute atomic E-state index is 0.224. The van der Waals surface area contributed by atoms with Gasteiger partial charge in [0.25, 0.3) is 0 Å². The molecular formula is C17H29NO4. The predicted molar refractivity (Wildman–Crippen MR) is 86.5 cm³/mol. The summed E-state index contributed by atoms with van der Waals surface area (Å²) >= 11 is 0. The average Bonchev–Trinajstić information content (AvgIpc) is 2.53. The lowest BCUT2D eigenvalue weighted by molar-refractivity contribution is -0.0908. The summed E-state index contributed by atoms with van der Waals surface area (Å²) in [4.78, 5) is 1.94. The minimum atomic E-state index is -1.25. The first-order valence-electron chi connectivity index (χ1n) is 7.83. The lowest BCUT2D eigenvalue weighted by atomic mass is 9.97. The summed E-state index contributed by atoms with van der Waals surface area (Å²) in [5.41, 5.74) is 1.28. The van der Waals surface area contributed by atoms with Gasteiger partial charge < -0.3 is 25.3 Å². The summed E-state index contributed by atoms with van der Waals surface area (Å²) < 4.78 is 0. The van der Waals surface area contributed by atoms with E-state index in [-0.39, 0.29) is 13.2 Å². The van der Waals surface area contributed by atoms with E-state index in [9.17, 15) is 15.3 Å². The molecule has 4 N–H and O–H groups in total. The van der Waals surface area contributed by atoms with Crippen LogP contribution in [0.5, 0.6) is 0 Å². The third-order valence-electron chi connectivity index (χ3n) is 3.96. The topological polar surface area (TPSA) is 84.2 Å². The maximum Gasteiger partial charge on any atom is 0.107 e. The van der Waals surface area contributed by atoms with Crippen molar-refractivity contribution in [1.29, 1.82) is 0 Å². The highest BCUT2D eigenvalue weighted by atomic mass is 16.4. The fraction of sp³-hybridized carbons (Fsp3) is 0.647. The fourth-order valence-corrected chi connectivity index (χ4v) is 2.39. The van der Waals surface area contributed by atoms with Gasteiger partial charge in [-0.25, -0.2) is 0 Å². The van der Waals surface area contributed by atoms with Gasteiger partial charge in [-0.2, -0.15) is 0 Å². The Morgan fingerprint density at radius 3 is 2.27 bits per heavy atom. The molecule has 5 heteroatoms. The zero-order valence-electron chi connectivity index (χ0n) is 13.5. The lowest BCUT2D eigenvalue weighted by Crippen LogP contribution is -2.46. The molecule has 5 nitrogen and oxygen atoms in total. The Morgan fingerprint density at radius 1 is 1.05 bits per heavy atom. The number of nitrogens with zero attached hydrogens (tertiary/aromatic N) is 1. The number of benzene rings is 1. The average molecular weight is 311 g/mol. The van der Waals surface area contributed by atoms with Crippen molar-refractivity contribution in [3.8, 4) is 0 Å². The largest absolute Gasteiger partial charge is 0.396 e. The number of aliphatic hydroxyl groups is 4. The first-order valence-corrected chi connectivity index (χ1v) is 7.83. The van der Waals surface area contributed by atoms with Crippen molar-refractivity contribution < 1.29 is 20.4 Å². The smallest absolute Gasteiger partial charge is 0.107 e. The summed E-state index contributed by atoms with van der Waals surface area (Å²) in [7, 11) is 1.88. The lowest BCUT2D eigenvalue weighted by Gasteiger charge is -2.29. The van der Waals surface area contributed by atoms with E-state index in [0.717, 1.165) is 19.4 Å². The molecule has 0 saturated carbocycles. The molecule has 0 bridgehead atoms. The standard InChI is InChI=1S/C17H29NO4/c1-13(12-19)16(21)17(22)15(20)11-18(2)10-6-9-14-7-4-3-5-8-14/h3-5,7-8,13,15-17,19-22H,6,9-12H2,1-2H3/t13-,15+,16-,17-/m1/s1. The first-order chi connectivity index (χ1) is 10.5. The molecule has 0 fully saturated rings. The second-order valence-corrected chi connectivity index (χ2v) is 6.06. The Kier molecular flexibility index (Phi) is 8.60. The van der Waals surface area contributed by atoms with Gasteiger partial charge in [-0.1, -0.05) is 37.3 Å². The van der Waals surface area contributed by atoms with Gasteiger partial charge in [0.15, 0.2) is 0 Å². The molecule has 1 rings (SSSR count). The van der Waals surface area contributed by atoms with Gasteiger partial charge in [0.05, 0.1) is 12.2 Å². The summed E-state index contributed by atoms with van der Waals surface area (Å²) in [6, 6.07) is 10.2. The Hall–Kier alpha value is -0.980. The molecule has 22 heavy (non-hydrogen) atoms. The van der Waals surface area contributed by atoms with Crippen molar-refractivity contribution in [2.75, 3.05) is 26.7 Å². The van der Waals surface area contributed by atoms with Gasteiger partial charge in [-0.3, -0.25) is 0 Å². The molecule has 126 valence electrons. The monoisotopic (exact) mass is 311 g/mol. The molecule has 0 unspecified atom stereocenters. The molecular weight excluding hydrogens is 282 g/mol. The van der Waals surface area contributed by atoms with Crippen molar-refractivity contribution in [2.45, 2.75) is 38.1 Å². The highest BCUT2D eigenvalue weighted by Gasteiger charge is 2.29. The van der Waals surface area contributed by atoms with E-state index in [1.54, 1.807) is 6.92 Å². The van der Waals surface area contributed by atoms with Crippen molar-refractivity contribution >= 4 is 0 Å². The van der Waals surface area contributed by atoms with Crippen molar-refractivity contribution in [1.82, 2.24) is 4.90 Å². The van der Waals surface area contributed by atoms with Crippen LogP contribution >= 0.6 is 0 Å². The minimum Gasteiger partial charge on any atom is -0.396 e. The predicted octanol–water partition coefficient (Wildman–Crippen LogP) is 0.262. The Bertz CT molecular complexity index is 401. The highest BCUT2D eigenvalue weighted by Crippen LogP contribution is 2.11. The third kappa shape index (κ3) is 6.42. The normalized spacial score (nSPS) is 17.2. The fourth-order valence-electron chi connectivity index (χ4n) is 2.39. The van der Waals surface area contributed by atoms with Crippen LogP contribution in [0.25, 0.3) is 0 Å². The van der Waals surface area contributed by atoms with Gasteiger partial charge in [0.1, 0.15) is 6.10 Å². The van der Waals surface area contributed by atoms with Gasteiger partial charge in [-0.15, -0.1) is 0 Å². The van der Waals surface area contributed by atoms with Crippen LogP contribution in [0.1, 0.15) is 18.9 Å². The van der Waals surface area contributed by atoms with Gasteiger partial charge in [0, 0.05) is 19.1 Å². The highest BCUT2D eigenvalue weighted by molar-refractivity contribution is 5.14. The molecule has 4 atom stereocenters. The zero-order valence-corrected chi connectivity index (χ0v) is 13.5. The number of hydrogen-bond donors (Lipinski definition) is 4. The van der Waals surface area contributed by atoms with Crippen LogP contribution < -0.4 is 0 Å². The van der Waals surface area contributed by atoms with E-state index in [2.05, 4.69) is 12.1 Å². The van der Waals surface area contributed by atoms with Crippen molar-refractivity contribution in [2.24, 2.45) is 5.92 Å². The number of aryl methyl sites for hydroxylation is 1. The van der Waals surface area contributed by atoms with Crippen LogP contribution in [0.4, 0.5) is 0 Å². The molecule has 0 radical (unpaired) electrons. The first kappa shape index (κ1) is 19.1. The summed E-state index contributed by atoms with van der Waals surface area (Å²) in [6.07, 6.45) is -1.49. The molecule has 0 aliphatic rings. The van der Waals surface area contributed by atoms with Crippen molar-refractivity contribution in [3.63, 3.8) is 0 Å². The van der Waals surface area contributed by atoms with Gasteiger partial charge in [0.2, 0.25) is 0 Å². The number of hydrogen-bond acceptors (Lipinski definition) is 5. The SMILES string of the molecule is C[C@H](CO)[C@@H](O)[C@H](O)[C@@H](O)CN(C)CCCc1ccccc1. The van der Waals surface area contributed by atoms with E-state index in [1.807, 2.05) is 30.1 Å². The van der Waals surface area contributed by atoms with Crippen LogP contribution in [0.15, 0.2) is 30.3 Å². The Morgan fingerprint density at radius 2 is 1.68 bits per heavy atom. The maximum absolute atomic E-state index is 9.99. The summed E-state index contributed by atoms with van der Waals surface area (Å²) in [6.45, 7) is 2.48. The molecule has 0 heterocycles. The Balaban J connectivity index is 2.30. The van der Waals surface area contributed by atoms with E-state index in [4.69, 9.17) is 5.11 Å². The van der Waals surface area contributed by atoms with Crippen LogP contribution in [0, 0.1) is 5.92 Å². The number of rotatable bonds is 10. The third-order valence-corrected chi connectivity index (χ3v) is 3.96.